The van der Waals surface area contributed by atoms with E-state index in [1.54, 1.807) is 31.4 Å². The molecule has 0 fully saturated rings. The monoisotopic (exact) mass is 409 g/mol. The van der Waals surface area contributed by atoms with Crippen LogP contribution in [0, 0.1) is 6.92 Å². The number of carboxylic acid groups (broad SMARTS) is 1. The van der Waals surface area contributed by atoms with Crippen molar-refractivity contribution in [2.24, 2.45) is 0 Å². The van der Waals surface area contributed by atoms with E-state index < -0.39 is 17.9 Å². The van der Waals surface area contributed by atoms with E-state index in [4.69, 9.17) is 9.15 Å². The molecule has 0 radical (unpaired) electrons. The third kappa shape index (κ3) is 4.63. The molecular formula is C23H23NO6. The molecule has 1 aromatic heterocycles. The number of carbonyl (C=O) groups excluding carboxylic acids is 1. The first-order valence-corrected chi connectivity index (χ1v) is 9.34. The van der Waals surface area contributed by atoms with Gasteiger partial charge >= 0.3 is 5.97 Å². The van der Waals surface area contributed by atoms with E-state index in [9.17, 15) is 19.8 Å². The molecule has 7 heteroatoms. The summed E-state index contributed by atoms with van der Waals surface area (Å²) in [6.45, 7) is 3.68. The van der Waals surface area contributed by atoms with Crippen molar-refractivity contribution in [3.63, 3.8) is 0 Å². The van der Waals surface area contributed by atoms with Crippen molar-refractivity contribution in [2.45, 2.75) is 26.3 Å². The van der Waals surface area contributed by atoms with Gasteiger partial charge in [0.2, 0.25) is 5.91 Å². The molecule has 2 aromatic carbocycles. The molecule has 0 saturated carbocycles. The maximum absolute atomic E-state index is 12.5. The number of allylic oxidation sites excluding steroid dienone is 1. The molecule has 0 aliphatic carbocycles. The molecule has 156 valence electrons. The Morgan fingerprint density at radius 3 is 2.57 bits per heavy atom. The zero-order chi connectivity index (χ0) is 21.8. The second-order valence-corrected chi connectivity index (χ2v) is 7.06. The number of methoxy groups -OCH3 is 1. The van der Waals surface area contributed by atoms with Gasteiger partial charge in [0, 0.05) is 29.5 Å². The summed E-state index contributed by atoms with van der Waals surface area (Å²) in [7, 11) is 1.53. The molecule has 3 rings (SSSR count). The maximum Gasteiger partial charge on any atom is 0.326 e. The number of benzene rings is 2. The van der Waals surface area contributed by atoms with Gasteiger partial charge in [-0.3, -0.25) is 4.79 Å². The van der Waals surface area contributed by atoms with Crippen LogP contribution in [0.25, 0.3) is 16.5 Å². The van der Waals surface area contributed by atoms with Crippen LogP contribution in [-0.2, 0) is 16.0 Å². The summed E-state index contributed by atoms with van der Waals surface area (Å²) in [5.74, 6) is -1.02. The van der Waals surface area contributed by atoms with Crippen LogP contribution in [0.1, 0.15) is 23.6 Å². The minimum absolute atomic E-state index is 0.0898. The van der Waals surface area contributed by atoms with Crippen molar-refractivity contribution in [1.82, 2.24) is 5.32 Å². The highest BCUT2D eigenvalue weighted by Gasteiger charge is 2.20. The quantitative estimate of drug-likeness (QED) is 0.514. The average molecular weight is 409 g/mol. The highest BCUT2D eigenvalue weighted by atomic mass is 16.5. The summed E-state index contributed by atoms with van der Waals surface area (Å²) in [5, 5.41) is 22.3. The van der Waals surface area contributed by atoms with Gasteiger partial charge in [0.05, 0.1) is 13.4 Å². The number of fused-ring (bicyclic) bond motifs is 1. The third-order valence-electron chi connectivity index (χ3n) is 4.85. The highest BCUT2D eigenvalue weighted by Crippen LogP contribution is 2.33. The lowest BCUT2D eigenvalue weighted by molar-refractivity contribution is -0.141. The van der Waals surface area contributed by atoms with Crippen LogP contribution >= 0.6 is 0 Å². The van der Waals surface area contributed by atoms with E-state index in [2.05, 4.69) is 5.32 Å². The standard InChI is InChI=1S/C23H23NO6/c1-13(17-10-18-14(2)12-30-21(18)11-20(17)29-3)8-22(26)24-19(23(27)28)9-15-4-6-16(25)7-5-15/h4-8,10-12,19,25H,9H2,1-3H3,(H,24,26)(H,27,28)/b13-8+. The minimum atomic E-state index is -1.14. The Hall–Kier alpha value is -3.74. The predicted octanol–water partition coefficient (Wildman–Crippen LogP) is 3.67. The summed E-state index contributed by atoms with van der Waals surface area (Å²) in [6.07, 6.45) is 3.10. The van der Waals surface area contributed by atoms with Gasteiger partial charge in [0.1, 0.15) is 23.1 Å². The zero-order valence-electron chi connectivity index (χ0n) is 16.9. The molecular weight excluding hydrogens is 386 g/mol. The van der Waals surface area contributed by atoms with Gasteiger partial charge in [-0.1, -0.05) is 12.1 Å². The number of amides is 1. The number of phenols is 1. The number of aryl methyl sites for hydroxylation is 1. The first-order chi connectivity index (χ1) is 14.3. The summed E-state index contributed by atoms with van der Waals surface area (Å²) in [4.78, 5) is 24.1. The highest BCUT2D eigenvalue weighted by molar-refractivity contribution is 5.98. The minimum Gasteiger partial charge on any atom is -0.508 e. The van der Waals surface area contributed by atoms with E-state index >= 15 is 0 Å². The normalized spacial score (nSPS) is 12.6. The molecule has 3 aromatic rings. The lowest BCUT2D eigenvalue weighted by atomic mass is 10.0. The molecule has 1 atom stereocenters. The SMILES string of the molecule is COc1cc2occ(C)c2cc1/C(C)=C/C(=O)NC(Cc1ccc(O)cc1)C(=O)O. The fourth-order valence-electron chi connectivity index (χ4n) is 3.21. The van der Waals surface area contributed by atoms with Gasteiger partial charge in [-0.25, -0.2) is 4.79 Å². The lowest BCUT2D eigenvalue weighted by Gasteiger charge is -2.14. The van der Waals surface area contributed by atoms with E-state index in [1.165, 1.54) is 25.3 Å². The number of rotatable bonds is 7. The average Bonchev–Trinajstić information content (AvgIpc) is 3.07. The van der Waals surface area contributed by atoms with Gasteiger partial charge in [0.25, 0.3) is 0 Å². The summed E-state index contributed by atoms with van der Waals surface area (Å²) < 4.78 is 10.9. The van der Waals surface area contributed by atoms with Crippen molar-refractivity contribution >= 4 is 28.4 Å². The van der Waals surface area contributed by atoms with Crippen LogP contribution in [0.5, 0.6) is 11.5 Å². The van der Waals surface area contributed by atoms with Gasteiger partial charge in [-0.15, -0.1) is 0 Å². The first kappa shape index (κ1) is 21.0. The largest absolute Gasteiger partial charge is 0.508 e. The van der Waals surface area contributed by atoms with Gasteiger partial charge < -0.3 is 24.7 Å². The van der Waals surface area contributed by atoms with E-state index in [0.29, 0.717) is 22.5 Å². The molecule has 0 aliphatic rings. The van der Waals surface area contributed by atoms with Crippen LogP contribution in [0.4, 0.5) is 0 Å². The van der Waals surface area contributed by atoms with Crippen LogP contribution in [0.3, 0.4) is 0 Å². The molecule has 0 bridgehead atoms. The summed E-state index contributed by atoms with van der Waals surface area (Å²) >= 11 is 0. The molecule has 1 heterocycles. The van der Waals surface area contributed by atoms with Crippen LogP contribution in [0.15, 0.2) is 53.2 Å². The van der Waals surface area contributed by atoms with Crippen molar-refractivity contribution in [3.8, 4) is 11.5 Å². The van der Waals surface area contributed by atoms with Crippen molar-refractivity contribution in [3.05, 3.63) is 65.4 Å². The van der Waals surface area contributed by atoms with E-state index in [-0.39, 0.29) is 12.2 Å². The Bertz CT molecular complexity index is 1110. The lowest BCUT2D eigenvalue weighted by Crippen LogP contribution is -2.41. The number of hydrogen-bond donors (Lipinski definition) is 3. The van der Waals surface area contributed by atoms with Crippen LogP contribution in [0.2, 0.25) is 0 Å². The van der Waals surface area contributed by atoms with Gasteiger partial charge in [-0.2, -0.15) is 0 Å². The number of aromatic hydroxyl groups is 1. The Labute approximate surface area is 173 Å². The number of nitrogens with one attached hydrogen (secondary N) is 1. The summed E-state index contributed by atoms with van der Waals surface area (Å²) in [6, 6.07) is 8.72. The number of aliphatic carboxylic acids is 1. The second kappa shape index (κ2) is 8.73. The fourth-order valence-corrected chi connectivity index (χ4v) is 3.21. The van der Waals surface area contributed by atoms with Gasteiger partial charge in [-0.05, 0) is 48.7 Å². The Kier molecular flexibility index (Phi) is 6.11. The molecule has 30 heavy (non-hydrogen) atoms. The van der Waals surface area contributed by atoms with Crippen molar-refractivity contribution in [2.75, 3.05) is 7.11 Å². The molecule has 0 saturated heterocycles. The molecule has 1 amide bonds. The van der Waals surface area contributed by atoms with Crippen LogP contribution in [-0.4, -0.2) is 35.2 Å². The number of furan rings is 1. The number of phenolic OH excluding ortho intramolecular Hbond substituents is 1. The number of carbonyl (C=O) groups is 2. The van der Waals surface area contributed by atoms with Crippen molar-refractivity contribution < 1.29 is 29.0 Å². The Morgan fingerprint density at radius 2 is 1.93 bits per heavy atom. The zero-order valence-corrected chi connectivity index (χ0v) is 16.9. The van der Waals surface area contributed by atoms with Crippen LogP contribution < -0.4 is 10.1 Å². The van der Waals surface area contributed by atoms with E-state index in [1.807, 2.05) is 13.0 Å². The third-order valence-corrected chi connectivity index (χ3v) is 4.85. The number of ether oxygens (including phenoxy) is 1. The predicted molar refractivity (Wildman–Crippen MR) is 113 cm³/mol. The topological polar surface area (TPSA) is 109 Å². The van der Waals surface area contributed by atoms with Gasteiger partial charge in [0.15, 0.2) is 0 Å². The summed E-state index contributed by atoms with van der Waals surface area (Å²) in [5.41, 5.74) is 3.68. The fraction of sp³-hybridized carbons (Fsp3) is 0.217. The number of carboxylic acids is 1. The molecule has 0 spiro atoms. The maximum atomic E-state index is 12.5. The smallest absolute Gasteiger partial charge is 0.326 e. The first-order valence-electron chi connectivity index (χ1n) is 9.34. The molecule has 0 aliphatic heterocycles. The second-order valence-electron chi connectivity index (χ2n) is 7.06. The molecule has 7 nitrogen and oxygen atoms in total. The molecule has 1 unspecified atom stereocenters. The molecule has 3 N–H and O–H groups in total. The van der Waals surface area contributed by atoms with E-state index in [0.717, 1.165) is 16.5 Å². The van der Waals surface area contributed by atoms with Crippen molar-refractivity contribution in [1.29, 1.82) is 0 Å². The number of hydrogen-bond acceptors (Lipinski definition) is 5. The Morgan fingerprint density at radius 1 is 1.23 bits per heavy atom. The Balaban J connectivity index is 1.81.